The normalized spacial score (nSPS) is 10.6. The van der Waals surface area contributed by atoms with Gasteiger partial charge in [-0.15, -0.1) is 0 Å². The standard InChI is InChI=1S/C23H19N5O3/c24-21(29)19-5-2-6-20(28-19)23(31)26-13-14-3-1-4-17(11-14)27-22(30)16-7-8-18-15(12-16)9-10-25-18/h1-12,25H,13H2,(H2,24,29)(H,26,31)(H,27,30). The Hall–Kier alpha value is -4.46. The van der Waals surface area contributed by atoms with Crippen LogP contribution in [0.25, 0.3) is 10.9 Å². The highest BCUT2D eigenvalue weighted by molar-refractivity contribution is 6.06. The van der Waals surface area contributed by atoms with Gasteiger partial charge in [-0.05, 0) is 54.1 Å². The average Bonchev–Trinajstić information content (AvgIpc) is 3.25. The summed E-state index contributed by atoms with van der Waals surface area (Å²) in [6.45, 7) is 0.223. The predicted octanol–water partition coefficient (Wildman–Crippen LogP) is 2.84. The first-order chi connectivity index (χ1) is 15.0. The number of rotatable bonds is 6. The third-order valence-corrected chi connectivity index (χ3v) is 4.69. The molecule has 4 aromatic rings. The molecule has 0 aliphatic heterocycles. The Morgan fingerprint density at radius 2 is 1.71 bits per heavy atom. The number of carbonyl (C=O) groups is 3. The van der Waals surface area contributed by atoms with Gasteiger partial charge in [0.05, 0.1) is 0 Å². The number of pyridine rings is 1. The molecule has 31 heavy (non-hydrogen) atoms. The molecule has 0 aliphatic carbocycles. The zero-order valence-corrected chi connectivity index (χ0v) is 16.4. The maximum atomic E-state index is 12.6. The number of carbonyl (C=O) groups excluding carboxylic acids is 3. The molecule has 0 fully saturated rings. The molecule has 2 heterocycles. The van der Waals surface area contributed by atoms with E-state index in [1.54, 1.807) is 30.3 Å². The monoisotopic (exact) mass is 413 g/mol. The maximum absolute atomic E-state index is 12.6. The molecule has 0 bridgehead atoms. The number of anilines is 1. The van der Waals surface area contributed by atoms with Crippen LogP contribution in [0, 0.1) is 0 Å². The molecular formula is C23H19N5O3. The number of hydrogen-bond acceptors (Lipinski definition) is 4. The lowest BCUT2D eigenvalue weighted by Gasteiger charge is -2.09. The van der Waals surface area contributed by atoms with Crippen molar-refractivity contribution in [2.75, 3.05) is 5.32 Å². The summed E-state index contributed by atoms with van der Waals surface area (Å²) in [5.74, 6) is -1.36. The van der Waals surface area contributed by atoms with E-state index >= 15 is 0 Å². The molecule has 8 nitrogen and oxygen atoms in total. The summed E-state index contributed by atoms with van der Waals surface area (Å²) in [6, 6.07) is 19.0. The van der Waals surface area contributed by atoms with Crippen molar-refractivity contribution in [3.8, 4) is 0 Å². The first-order valence-electron chi connectivity index (χ1n) is 9.52. The van der Waals surface area contributed by atoms with Crippen LogP contribution in [0.1, 0.15) is 36.9 Å². The van der Waals surface area contributed by atoms with Gasteiger partial charge in [0.15, 0.2) is 0 Å². The molecule has 0 saturated heterocycles. The van der Waals surface area contributed by atoms with E-state index in [4.69, 9.17) is 5.73 Å². The van der Waals surface area contributed by atoms with Gasteiger partial charge in [-0.3, -0.25) is 14.4 Å². The summed E-state index contributed by atoms with van der Waals surface area (Å²) in [5.41, 5.74) is 8.23. The number of aromatic amines is 1. The van der Waals surface area contributed by atoms with Crippen LogP contribution in [-0.2, 0) is 6.54 Å². The fraction of sp³-hybridized carbons (Fsp3) is 0.0435. The van der Waals surface area contributed by atoms with Crippen LogP contribution in [0.4, 0.5) is 5.69 Å². The molecule has 154 valence electrons. The quantitative estimate of drug-likeness (QED) is 0.387. The number of aromatic nitrogens is 2. The van der Waals surface area contributed by atoms with Gasteiger partial charge >= 0.3 is 0 Å². The number of hydrogen-bond donors (Lipinski definition) is 4. The highest BCUT2D eigenvalue weighted by Crippen LogP contribution is 2.17. The van der Waals surface area contributed by atoms with E-state index in [0.717, 1.165) is 16.5 Å². The summed E-state index contributed by atoms with van der Waals surface area (Å²) < 4.78 is 0. The third-order valence-electron chi connectivity index (χ3n) is 4.69. The molecule has 2 aromatic carbocycles. The molecule has 0 atom stereocenters. The molecule has 3 amide bonds. The van der Waals surface area contributed by atoms with Gasteiger partial charge in [0, 0.05) is 34.9 Å². The largest absolute Gasteiger partial charge is 0.364 e. The summed E-state index contributed by atoms with van der Waals surface area (Å²) in [7, 11) is 0. The van der Waals surface area contributed by atoms with E-state index in [1.807, 2.05) is 30.5 Å². The fourth-order valence-corrected chi connectivity index (χ4v) is 3.13. The van der Waals surface area contributed by atoms with Crippen LogP contribution in [0.2, 0.25) is 0 Å². The Bertz CT molecular complexity index is 1300. The second-order valence-corrected chi connectivity index (χ2v) is 6.89. The van der Waals surface area contributed by atoms with E-state index < -0.39 is 11.8 Å². The van der Waals surface area contributed by atoms with Gasteiger partial charge in [-0.1, -0.05) is 18.2 Å². The molecule has 0 radical (unpaired) electrons. The van der Waals surface area contributed by atoms with E-state index in [-0.39, 0.29) is 23.8 Å². The van der Waals surface area contributed by atoms with Crippen molar-refractivity contribution in [2.24, 2.45) is 5.73 Å². The molecule has 0 unspecified atom stereocenters. The SMILES string of the molecule is NC(=O)c1cccc(C(=O)NCc2cccc(NC(=O)c3ccc4[nH]ccc4c3)c2)n1. The lowest BCUT2D eigenvalue weighted by Crippen LogP contribution is -2.25. The Labute approximate surface area is 177 Å². The van der Waals surface area contributed by atoms with Crippen molar-refractivity contribution < 1.29 is 14.4 Å². The van der Waals surface area contributed by atoms with E-state index in [0.29, 0.717) is 11.3 Å². The fourth-order valence-electron chi connectivity index (χ4n) is 3.13. The van der Waals surface area contributed by atoms with Gasteiger partial charge in [0.25, 0.3) is 17.7 Å². The summed E-state index contributed by atoms with van der Waals surface area (Å²) >= 11 is 0. The maximum Gasteiger partial charge on any atom is 0.270 e. The lowest BCUT2D eigenvalue weighted by molar-refractivity contribution is 0.0944. The van der Waals surface area contributed by atoms with E-state index in [1.165, 1.54) is 12.1 Å². The average molecular weight is 413 g/mol. The zero-order chi connectivity index (χ0) is 21.8. The summed E-state index contributed by atoms with van der Waals surface area (Å²) in [5, 5.41) is 6.57. The molecular weight excluding hydrogens is 394 g/mol. The Morgan fingerprint density at radius 3 is 2.55 bits per heavy atom. The number of H-pyrrole nitrogens is 1. The van der Waals surface area contributed by atoms with Crippen molar-refractivity contribution in [1.82, 2.24) is 15.3 Å². The lowest BCUT2D eigenvalue weighted by atomic mass is 10.1. The number of nitrogens with one attached hydrogen (secondary N) is 3. The number of fused-ring (bicyclic) bond motifs is 1. The van der Waals surface area contributed by atoms with Gasteiger partial charge < -0.3 is 21.4 Å². The van der Waals surface area contributed by atoms with Gasteiger partial charge in [-0.25, -0.2) is 4.98 Å². The van der Waals surface area contributed by atoms with Crippen molar-refractivity contribution in [2.45, 2.75) is 6.54 Å². The van der Waals surface area contributed by atoms with Crippen LogP contribution in [0.15, 0.2) is 72.9 Å². The van der Waals surface area contributed by atoms with Crippen molar-refractivity contribution in [1.29, 1.82) is 0 Å². The summed E-state index contributed by atoms with van der Waals surface area (Å²) in [6.07, 6.45) is 1.82. The smallest absolute Gasteiger partial charge is 0.270 e. The van der Waals surface area contributed by atoms with Crippen LogP contribution < -0.4 is 16.4 Å². The zero-order valence-electron chi connectivity index (χ0n) is 16.4. The Morgan fingerprint density at radius 1 is 0.903 bits per heavy atom. The molecule has 2 aromatic heterocycles. The minimum absolute atomic E-state index is 0.0233. The molecule has 4 rings (SSSR count). The molecule has 0 spiro atoms. The number of nitrogens with two attached hydrogens (primary N) is 1. The van der Waals surface area contributed by atoms with Crippen LogP contribution in [-0.4, -0.2) is 27.7 Å². The van der Waals surface area contributed by atoms with Crippen molar-refractivity contribution in [3.63, 3.8) is 0 Å². The minimum Gasteiger partial charge on any atom is -0.364 e. The number of amides is 3. The minimum atomic E-state index is -0.700. The van der Waals surface area contributed by atoms with Gasteiger partial charge in [0.1, 0.15) is 11.4 Å². The third kappa shape index (κ3) is 4.59. The van der Waals surface area contributed by atoms with Crippen LogP contribution in [0.5, 0.6) is 0 Å². The van der Waals surface area contributed by atoms with Crippen molar-refractivity contribution in [3.05, 3.63) is 95.4 Å². The Balaban J connectivity index is 1.41. The highest BCUT2D eigenvalue weighted by Gasteiger charge is 2.11. The van der Waals surface area contributed by atoms with E-state index in [9.17, 15) is 14.4 Å². The second-order valence-electron chi connectivity index (χ2n) is 6.89. The van der Waals surface area contributed by atoms with Crippen LogP contribution in [0.3, 0.4) is 0 Å². The predicted molar refractivity (Wildman–Crippen MR) is 117 cm³/mol. The first-order valence-corrected chi connectivity index (χ1v) is 9.52. The highest BCUT2D eigenvalue weighted by atomic mass is 16.2. The number of nitrogens with zero attached hydrogens (tertiary/aromatic N) is 1. The van der Waals surface area contributed by atoms with Crippen LogP contribution >= 0.6 is 0 Å². The topological polar surface area (TPSA) is 130 Å². The molecule has 0 saturated carbocycles. The van der Waals surface area contributed by atoms with Gasteiger partial charge in [-0.2, -0.15) is 0 Å². The van der Waals surface area contributed by atoms with Gasteiger partial charge in [0.2, 0.25) is 0 Å². The second kappa shape index (κ2) is 8.50. The first kappa shape index (κ1) is 19.8. The van der Waals surface area contributed by atoms with Crippen molar-refractivity contribution >= 4 is 34.3 Å². The molecule has 8 heteroatoms. The number of primary amides is 1. The summed E-state index contributed by atoms with van der Waals surface area (Å²) in [4.78, 5) is 43.2. The Kier molecular flexibility index (Phi) is 5.44. The van der Waals surface area contributed by atoms with E-state index in [2.05, 4.69) is 20.6 Å². The number of benzene rings is 2. The molecule has 0 aliphatic rings. The molecule has 5 N–H and O–H groups in total.